The Morgan fingerprint density at radius 3 is 2.92 bits per heavy atom. The van der Waals surface area contributed by atoms with E-state index in [9.17, 15) is 0 Å². The molecule has 140 valence electrons. The lowest BCUT2D eigenvalue weighted by atomic mass is 9.90. The lowest BCUT2D eigenvalue weighted by Crippen LogP contribution is -2.38. The quantitative estimate of drug-likeness (QED) is 0.303. The molecule has 1 heterocycles. The molecule has 4 nitrogen and oxygen atoms in total. The number of anilines is 1. The topological polar surface area (TPSA) is 53.6 Å². The SMILES string of the molecule is CC1CCCCN1CCCN=C(N)Nc1cccc2c1CCCC2.I. The van der Waals surface area contributed by atoms with E-state index < -0.39 is 0 Å². The fourth-order valence-corrected chi connectivity index (χ4v) is 4.04. The normalized spacial score (nSPS) is 21.3. The summed E-state index contributed by atoms with van der Waals surface area (Å²) in [4.78, 5) is 7.13. The molecule has 1 unspecified atom stereocenters. The number of halogens is 1. The maximum Gasteiger partial charge on any atom is 0.193 e. The van der Waals surface area contributed by atoms with Crippen molar-refractivity contribution in [2.75, 3.05) is 25.0 Å². The van der Waals surface area contributed by atoms with E-state index in [0.29, 0.717) is 5.96 Å². The van der Waals surface area contributed by atoms with Crippen LogP contribution in [0.3, 0.4) is 0 Å². The molecular weight excluding hydrogens is 423 g/mol. The molecule has 1 aliphatic carbocycles. The maximum atomic E-state index is 6.11. The van der Waals surface area contributed by atoms with Crippen LogP contribution in [0.25, 0.3) is 0 Å². The van der Waals surface area contributed by atoms with Crippen LogP contribution >= 0.6 is 24.0 Å². The minimum Gasteiger partial charge on any atom is -0.370 e. The average molecular weight is 456 g/mol. The van der Waals surface area contributed by atoms with Crippen LogP contribution in [0.15, 0.2) is 23.2 Å². The molecule has 1 saturated heterocycles. The van der Waals surface area contributed by atoms with Crippen LogP contribution in [-0.2, 0) is 12.8 Å². The summed E-state index contributed by atoms with van der Waals surface area (Å²) in [5, 5.41) is 3.33. The molecule has 0 spiro atoms. The van der Waals surface area contributed by atoms with Gasteiger partial charge < -0.3 is 16.0 Å². The number of rotatable bonds is 5. The third kappa shape index (κ3) is 5.84. The van der Waals surface area contributed by atoms with E-state index in [1.807, 2.05) is 0 Å². The number of aryl methyl sites for hydroxylation is 1. The van der Waals surface area contributed by atoms with Crippen molar-refractivity contribution >= 4 is 35.6 Å². The van der Waals surface area contributed by atoms with Crippen molar-refractivity contribution in [3.8, 4) is 0 Å². The summed E-state index contributed by atoms with van der Waals surface area (Å²) in [7, 11) is 0. The van der Waals surface area contributed by atoms with Crippen LogP contribution in [0.5, 0.6) is 0 Å². The Bertz CT molecular complexity index is 573. The summed E-state index contributed by atoms with van der Waals surface area (Å²) in [5.74, 6) is 0.556. The molecule has 2 aliphatic rings. The molecule has 0 bridgehead atoms. The number of nitrogens with two attached hydrogens (primary N) is 1. The second-order valence-electron chi connectivity index (χ2n) is 7.28. The number of nitrogens with zero attached hydrogens (tertiary/aromatic N) is 2. The van der Waals surface area contributed by atoms with Crippen molar-refractivity contribution in [1.82, 2.24) is 4.90 Å². The number of likely N-dealkylation sites (tertiary alicyclic amines) is 1. The van der Waals surface area contributed by atoms with Crippen molar-refractivity contribution in [2.45, 2.75) is 64.3 Å². The zero-order valence-electron chi connectivity index (χ0n) is 15.5. The predicted octanol–water partition coefficient (Wildman–Crippen LogP) is 4.17. The summed E-state index contributed by atoms with van der Waals surface area (Å²) < 4.78 is 0. The summed E-state index contributed by atoms with van der Waals surface area (Å²) in [6, 6.07) is 7.22. The van der Waals surface area contributed by atoms with Crippen molar-refractivity contribution in [2.24, 2.45) is 10.7 Å². The number of hydrogen-bond donors (Lipinski definition) is 2. The van der Waals surface area contributed by atoms with Crippen LogP contribution in [0, 0.1) is 0 Å². The predicted molar refractivity (Wildman–Crippen MR) is 118 cm³/mol. The summed E-state index contributed by atoms with van der Waals surface area (Å²) in [6.07, 6.45) is 10.1. The highest BCUT2D eigenvalue weighted by molar-refractivity contribution is 14.0. The largest absolute Gasteiger partial charge is 0.370 e. The first kappa shape index (κ1) is 20.5. The zero-order chi connectivity index (χ0) is 16.8. The van der Waals surface area contributed by atoms with Gasteiger partial charge in [0.05, 0.1) is 0 Å². The fourth-order valence-electron chi connectivity index (χ4n) is 4.04. The van der Waals surface area contributed by atoms with Gasteiger partial charge in [0.25, 0.3) is 0 Å². The van der Waals surface area contributed by atoms with Gasteiger partial charge in [-0.1, -0.05) is 18.6 Å². The molecular formula is C20H33IN4. The number of benzene rings is 1. The zero-order valence-corrected chi connectivity index (χ0v) is 17.8. The highest BCUT2D eigenvalue weighted by Crippen LogP contribution is 2.27. The van der Waals surface area contributed by atoms with Gasteiger partial charge in [-0.2, -0.15) is 0 Å². The lowest BCUT2D eigenvalue weighted by molar-refractivity contribution is 0.160. The molecule has 3 N–H and O–H groups in total. The van der Waals surface area contributed by atoms with Crippen molar-refractivity contribution in [1.29, 1.82) is 0 Å². The van der Waals surface area contributed by atoms with Gasteiger partial charge in [-0.3, -0.25) is 4.99 Å². The van der Waals surface area contributed by atoms with Crippen LogP contribution in [-0.4, -0.2) is 36.5 Å². The number of aliphatic imine (C=N–C) groups is 1. The van der Waals surface area contributed by atoms with E-state index in [0.717, 1.165) is 37.7 Å². The third-order valence-electron chi connectivity index (χ3n) is 5.48. The summed E-state index contributed by atoms with van der Waals surface area (Å²) >= 11 is 0. The van der Waals surface area contributed by atoms with Crippen LogP contribution in [0.1, 0.15) is 56.6 Å². The Kier molecular flexibility index (Phi) is 8.49. The number of hydrogen-bond acceptors (Lipinski definition) is 2. The van der Waals surface area contributed by atoms with Gasteiger partial charge in [0.15, 0.2) is 5.96 Å². The number of piperidine rings is 1. The van der Waals surface area contributed by atoms with E-state index in [2.05, 4.69) is 40.3 Å². The Labute approximate surface area is 169 Å². The van der Waals surface area contributed by atoms with Crippen molar-refractivity contribution < 1.29 is 0 Å². The molecule has 0 saturated carbocycles. The highest BCUT2D eigenvalue weighted by Gasteiger charge is 2.17. The second kappa shape index (κ2) is 10.4. The van der Waals surface area contributed by atoms with Gasteiger partial charge in [-0.25, -0.2) is 0 Å². The molecule has 1 aliphatic heterocycles. The van der Waals surface area contributed by atoms with Gasteiger partial charge in [0.1, 0.15) is 0 Å². The number of fused-ring (bicyclic) bond motifs is 1. The van der Waals surface area contributed by atoms with Crippen LogP contribution in [0.2, 0.25) is 0 Å². The monoisotopic (exact) mass is 456 g/mol. The Hall–Kier alpha value is -0.820. The number of nitrogens with one attached hydrogen (secondary N) is 1. The second-order valence-corrected chi connectivity index (χ2v) is 7.28. The van der Waals surface area contributed by atoms with Crippen LogP contribution in [0.4, 0.5) is 5.69 Å². The van der Waals surface area contributed by atoms with Gasteiger partial charge in [-0.15, -0.1) is 24.0 Å². The van der Waals surface area contributed by atoms with E-state index in [1.165, 1.54) is 56.2 Å². The summed E-state index contributed by atoms with van der Waals surface area (Å²) in [5.41, 5.74) is 10.2. The first-order valence-electron chi connectivity index (χ1n) is 9.66. The van der Waals surface area contributed by atoms with E-state index in [-0.39, 0.29) is 24.0 Å². The van der Waals surface area contributed by atoms with Crippen molar-refractivity contribution in [3.63, 3.8) is 0 Å². The lowest BCUT2D eigenvalue weighted by Gasteiger charge is -2.33. The third-order valence-corrected chi connectivity index (χ3v) is 5.48. The standard InChI is InChI=1S/C20H32N4.HI/c1-16-8-4-5-14-24(16)15-7-13-22-20(21)23-19-12-6-10-17-9-2-3-11-18(17)19;/h6,10,12,16H,2-5,7-9,11,13-15H2,1H3,(H3,21,22,23);1H. The molecule has 25 heavy (non-hydrogen) atoms. The Morgan fingerprint density at radius 2 is 2.08 bits per heavy atom. The molecule has 1 aromatic carbocycles. The average Bonchev–Trinajstić information content (AvgIpc) is 2.60. The molecule has 1 fully saturated rings. The van der Waals surface area contributed by atoms with E-state index in [1.54, 1.807) is 0 Å². The van der Waals surface area contributed by atoms with Crippen molar-refractivity contribution in [3.05, 3.63) is 29.3 Å². The fraction of sp³-hybridized carbons (Fsp3) is 0.650. The Balaban J connectivity index is 0.00000225. The molecule has 1 aromatic rings. The van der Waals surface area contributed by atoms with Crippen LogP contribution < -0.4 is 11.1 Å². The maximum absolute atomic E-state index is 6.11. The van der Waals surface area contributed by atoms with Gasteiger partial charge >= 0.3 is 0 Å². The molecule has 0 radical (unpaired) electrons. The number of guanidine groups is 1. The molecule has 0 amide bonds. The van der Waals surface area contributed by atoms with E-state index >= 15 is 0 Å². The first-order valence-corrected chi connectivity index (χ1v) is 9.66. The van der Waals surface area contributed by atoms with Gasteiger partial charge in [0.2, 0.25) is 0 Å². The summed E-state index contributed by atoms with van der Waals surface area (Å²) in [6.45, 7) is 5.53. The minimum absolute atomic E-state index is 0. The molecule has 3 rings (SSSR count). The van der Waals surface area contributed by atoms with Gasteiger partial charge in [-0.05, 0) is 75.6 Å². The molecule has 1 atom stereocenters. The molecule has 0 aromatic heterocycles. The molecule has 5 heteroatoms. The first-order chi connectivity index (χ1) is 11.7. The highest BCUT2D eigenvalue weighted by atomic mass is 127. The minimum atomic E-state index is 0. The Morgan fingerprint density at radius 1 is 1.24 bits per heavy atom. The van der Waals surface area contributed by atoms with Gasteiger partial charge in [0, 0.05) is 24.8 Å². The smallest absolute Gasteiger partial charge is 0.193 e. The van der Waals surface area contributed by atoms with E-state index in [4.69, 9.17) is 5.73 Å².